The standard InChI is InChI=1S/C26H36F3N5O3/c1-26(2,3)23(24(35)34-9-8-15(13-34)33(4)5)32-25(36)31-21-7-6-10-37-14-17(21)22(30)16-11-19(28)20(29)12-18(16)27/h11-12,15,23H,6-10,13-14,30H2,1-5H3,(H,32,36). The van der Waals surface area contributed by atoms with Crippen molar-refractivity contribution in [2.75, 3.05) is 40.4 Å². The highest BCUT2D eigenvalue weighted by molar-refractivity contribution is 6.10. The van der Waals surface area contributed by atoms with Crippen molar-refractivity contribution in [1.29, 1.82) is 0 Å². The second-order valence-electron chi connectivity index (χ2n) is 10.8. The van der Waals surface area contributed by atoms with Gasteiger partial charge in [0.2, 0.25) is 5.91 Å². The van der Waals surface area contributed by atoms with Crippen molar-refractivity contribution in [1.82, 2.24) is 15.1 Å². The van der Waals surface area contributed by atoms with Crippen LogP contribution >= 0.6 is 0 Å². The molecule has 2 atom stereocenters. The zero-order chi connectivity index (χ0) is 27.5. The van der Waals surface area contributed by atoms with Crippen molar-refractivity contribution in [2.24, 2.45) is 16.1 Å². The van der Waals surface area contributed by atoms with E-state index in [2.05, 4.69) is 15.2 Å². The number of hydrogen-bond acceptors (Lipinski definition) is 5. The summed E-state index contributed by atoms with van der Waals surface area (Å²) in [7, 11) is 3.94. The maximum absolute atomic E-state index is 14.4. The number of benzene rings is 1. The van der Waals surface area contributed by atoms with Gasteiger partial charge in [-0.05, 0) is 44.8 Å². The van der Waals surface area contributed by atoms with Crippen LogP contribution in [0.3, 0.4) is 0 Å². The lowest BCUT2D eigenvalue weighted by Crippen LogP contribution is -2.54. The number of rotatable bonds is 4. The summed E-state index contributed by atoms with van der Waals surface area (Å²) in [5.41, 5.74) is 5.47. The summed E-state index contributed by atoms with van der Waals surface area (Å²) < 4.78 is 47.2. The molecule has 2 fully saturated rings. The van der Waals surface area contributed by atoms with E-state index in [0.717, 1.165) is 6.42 Å². The molecule has 37 heavy (non-hydrogen) atoms. The highest BCUT2D eigenvalue weighted by Gasteiger charge is 2.38. The number of ether oxygens (including phenoxy) is 1. The second kappa shape index (κ2) is 11.6. The molecule has 2 aliphatic rings. The molecule has 2 aliphatic heterocycles. The number of nitrogens with two attached hydrogens (primary N) is 1. The van der Waals surface area contributed by atoms with E-state index in [9.17, 15) is 22.8 Å². The van der Waals surface area contributed by atoms with E-state index in [4.69, 9.17) is 10.5 Å². The van der Waals surface area contributed by atoms with E-state index in [1.165, 1.54) is 0 Å². The van der Waals surface area contributed by atoms with Gasteiger partial charge in [-0.3, -0.25) is 4.79 Å². The number of carbonyl (C=O) groups excluding carboxylic acids is 2. The first-order chi connectivity index (χ1) is 17.3. The molecule has 0 saturated carbocycles. The number of likely N-dealkylation sites (N-methyl/N-ethyl adjacent to an activating group) is 1. The first-order valence-electron chi connectivity index (χ1n) is 12.3. The van der Waals surface area contributed by atoms with Gasteiger partial charge in [-0.15, -0.1) is 0 Å². The van der Waals surface area contributed by atoms with Gasteiger partial charge in [0.1, 0.15) is 11.9 Å². The van der Waals surface area contributed by atoms with Crippen molar-refractivity contribution < 1.29 is 27.5 Å². The average molecular weight is 524 g/mol. The van der Waals surface area contributed by atoms with E-state index in [0.29, 0.717) is 44.7 Å². The average Bonchev–Trinajstić information content (AvgIpc) is 3.20. The summed E-state index contributed by atoms with van der Waals surface area (Å²) in [6.45, 7) is 7.01. The number of aliphatic imine (C=N–C) groups is 1. The number of urea groups is 1. The van der Waals surface area contributed by atoms with E-state index in [1.54, 1.807) is 4.90 Å². The second-order valence-corrected chi connectivity index (χ2v) is 10.8. The van der Waals surface area contributed by atoms with Gasteiger partial charge in [-0.2, -0.15) is 4.99 Å². The number of nitrogens with zero attached hydrogens (tertiary/aromatic N) is 3. The van der Waals surface area contributed by atoms with Gasteiger partial charge < -0.3 is 25.6 Å². The lowest BCUT2D eigenvalue weighted by atomic mass is 9.86. The van der Waals surface area contributed by atoms with Crippen LogP contribution in [0.1, 0.15) is 45.6 Å². The van der Waals surface area contributed by atoms with Crippen LogP contribution in [0.4, 0.5) is 18.0 Å². The highest BCUT2D eigenvalue weighted by Crippen LogP contribution is 2.26. The van der Waals surface area contributed by atoms with Gasteiger partial charge in [0.15, 0.2) is 11.6 Å². The van der Waals surface area contributed by atoms with Crippen molar-refractivity contribution in [3.8, 4) is 0 Å². The Morgan fingerprint density at radius 1 is 1.19 bits per heavy atom. The fraction of sp³-hybridized carbons (Fsp3) is 0.577. The van der Waals surface area contributed by atoms with Crippen LogP contribution in [0.15, 0.2) is 22.7 Å². The van der Waals surface area contributed by atoms with Crippen molar-refractivity contribution in [2.45, 2.75) is 52.1 Å². The number of likely N-dealkylation sites (tertiary alicyclic amines) is 1. The third-order valence-electron chi connectivity index (χ3n) is 6.74. The maximum atomic E-state index is 14.4. The number of nitrogens with one attached hydrogen (secondary N) is 1. The van der Waals surface area contributed by atoms with Crippen LogP contribution in [0, 0.1) is 22.9 Å². The molecule has 2 saturated heterocycles. The minimum atomic E-state index is -1.34. The van der Waals surface area contributed by atoms with Gasteiger partial charge in [-0.1, -0.05) is 20.8 Å². The first kappa shape index (κ1) is 28.6. The normalized spacial score (nSPS) is 22.2. The molecule has 8 nitrogen and oxygen atoms in total. The minimum Gasteiger partial charge on any atom is -0.398 e. The quantitative estimate of drug-likeness (QED) is 0.590. The first-order valence-corrected chi connectivity index (χ1v) is 12.3. The van der Waals surface area contributed by atoms with Gasteiger partial charge >= 0.3 is 6.03 Å². The van der Waals surface area contributed by atoms with Crippen molar-refractivity contribution in [3.05, 3.63) is 40.7 Å². The highest BCUT2D eigenvalue weighted by atomic mass is 19.2. The largest absolute Gasteiger partial charge is 0.398 e. The SMILES string of the molecule is CN(C)C1CCN(C(=O)C(NC(=O)N=C2CCCOCC2=C(N)c2cc(F)c(F)cc2F)C(C)(C)C)C1. The molecule has 2 heterocycles. The summed E-state index contributed by atoms with van der Waals surface area (Å²) in [6, 6.07) is -0.247. The Labute approximate surface area is 215 Å². The monoisotopic (exact) mass is 523 g/mol. The summed E-state index contributed by atoms with van der Waals surface area (Å²) in [5, 5.41) is 2.75. The Balaban J connectivity index is 1.89. The zero-order valence-corrected chi connectivity index (χ0v) is 22.0. The molecule has 3 N–H and O–H groups in total. The lowest BCUT2D eigenvalue weighted by Gasteiger charge is -2.33. The van der Waals surface area contributed by atoms with Gasteiger partial charge in [0, 0.05) is 48.6 Å². The summed E-state index contributed by atoms with van der Waals surface area (Å²) in [4.78, 5) is 34.5. The molecule has 204 valence electrons. The van der Waals surface area contributed by atoms with Crippen LogP contribution in [-0.4, -0.2) is 79.9 Å². The van der Waals surface area contributed by atoms with Crippen LogP contribution in [0.2, 0.25) is 0 Å². The fourth-order valence-corrected chi connectivity index (χ4v) is 4.47. The molecule has 3 amide bonds. The van der Waals surface area contributed by atoms with Crippen molar-refractivity contribution >= 4 is 23.3 Å². The number of halogens is 3. The van der Waals surface area contributed by atoms with E-state index in [-0.39, 0.29) is 41.1 Å². The molecule has 1 aromatic rings. The summed E-state index contributed by atoms with van der Waals surface area (Å²) in [5.74, 6) is -3.82. The minimum absolute atomic E-state index is 0.0856. The van der Waals surface area contributed by atoms with Gasteiger partial charge in [0.25, 0.3) is 0 Å². The number of amides is 3. The van der Waals surface area contributed by atoms with Crippen molar-refractivity contribution in [3.63, 3.8) is 0 Å². The van der Waals surface area contributed by atoms with E-state index < -0.39 is 34.9 Å². The van der Waals surface area contributed by atoms with E-state index >= 15 is 0 Å². The Morgan fingerprint density at radius 2 is 1.86 bits per heavy atom. The van der Waals surface area contributed by atoms with Crippen LogP contribution in [0.25, 0.3) is 5.70 Å². The van der Waals surface area contributed by atoms with Crippen LogP contribution in [0.5, 0.6) is 0 Å². The molecule has 0 radical (unpaired) electrons. The Kier molecular flexibility index (Phi) is 9.01. The molecule has 0 spiro atoms. The lowest BCUT2D eigenvalue weighted by molar-refractivity contribution is -0.134. The summed E-state index contributed by atoms with van der Waals surface area (Å²) >= 11 is 0. The number of carbonyl (C=O) groups is 2. The topological polar surface area (TPSA) is 100 Å². The molecular formula is C26H36F3N5O3. The molecule has 0 aliphatic carbocycles. The summed E-state index contributed by atoms with van der Waals surface area (Å²) in [6.07, 6.45) is 1.66. The Hall–Kier alpha value is -2.92. The Morgan fingerprint density at radius 3 is 2.49 bits per heavy atom. The predicted molar refractivity (Wildman–Crippen MR) is 135 cm³/mol. The molecule has 1 aromatic carbocycles. The molecule has 0 aromatic heterocycles. The maximum Gasteiger partial charge on any atom is 0.341 e. The van der Waals surface area contributed by atoms with Gasteiger partial charge in [0.05, 0.1) is 12.3 Å². The van der Waals surface area contributed by atoms with Gasteiger partial charge in [-0.25, -0.2) is 18.0 Å². The Bertz CT molecular complexity index is 1100. The van der Waals surface area contributed by atoms with E-state index in [1.807, 2.05) is 34.9 Å². The predicted octanol–water partition coefficient (Wildman–Crippen LogP) is 3.31. The third kappa shape index (κ3) is 6.89. The molecule has 2 unspecified atom stereocenters. The molecule has 3 rings (SSSR count). The number of hydrogen-bond donors (Lipinski definition) is 2. The molecular weight excluding hydrogens is 487 g/mol. The third-order valence-corrected chi connectivity index (χ3v) is 6.74. The fourth-order valence-electron chi connectivity index (χ4n) is 4.47. The van der Waals surface area contributed by atoms with Crippen LogP contribution in [-0.2, 0) is 9.53 Å². The molecule has 0 bridgehead atoms. The molecule has 11 heteroatoms. The zero-order valence-electron chi connectivity index (χ0n) is 22.0. The van der Waals surface area contributed by atoms with Crippen LogP contribution < -0.4 is 11.1 Å². The smallest absolute Gasteiger partial charge is 0.341 e.